The zero-order valence-electron chi connectivity index (χ0n) is 12.1. The highest BCUT2D eigenvalue weighted by Gasteiger charge is 2.22. The second kappa shape index (κ2) is 6.66. The van der Waals surface area contributed by atoms with E-state index in [2.05, 4.69) is 34.5 Å². The normalized spacial score (nSPS) is 20.6. The van der Waals surface area contributed by atoms with E-state index < -0.39 is 0 Å². The predicted molar refractivity (Wildman–Crippen MR) is 86.2 cm³/mol. The van der Waals surface area contributed by atoms with Crippen molar-refractivity contribution in [3.05, 3.63) is 29.3 Å². The fourth-order valence-electron chi connectivity index (χ4n) is 3.07. The van der Waals surface area contributed by atoms with Gasteiger partial charge < -0.3 is 5.32 Å². The van der Waals surface area contributed by atoms with Crippen LogP contribution in [0.2, 0.25) is 0 Å². The minimum atomic E-state index is 0.725. The van der Waals surface area contributed by atoms with Crippen molar-refractivity contribution >= 4 is 21.6 Å². The van der Waals surface area contributed by atoms with Crippen LogP contribution in [-0.4, -0.2) is 36.1 Å². The van der Waals surface area contributed by atoms with E-state index in [0.717, 1.165) is 24.6 Å². The monoisotopic (exact) mass is 289 g/mol. The molecule has 1 aliphatic heterocycles. The van der Waals surface area contributed by atoms with Gasteiger partial charge in [0.2, 0.25) is 0 Å². The fraction of sp³-hybridized carbons (Fsp3) is 0.562. The molecule has 1 atom stereocenters. The first-order chi connectivity index (χ1) is 9.86. The largest absolute Gasteiger partial charge is 0.320 e. The lowest BCUT2D eigenvalue weighted by Crippen LogP contribution is -2.40. The molecular formula is C16H23N3S. The van der Waals surface area contributed by atoms with E-state index in [0.29, 0.717) is 0 Å². The van der Waals surface area contributed by atoms with Gasteiger partial charge >= 0.3 is 0 Å². The molecule has 0 spiro atoms. The van der Waals surface area contributed by atoms with E-state index in [9.17, 15) is 0 Å². The summed E-state index contributed by atoms with van der Waals surface area (Å²) in [7, 11) is 2.04. The Labute approximate surface area is 125 Å². The number of nitrogens with one attached hydrogen (secondary N) is 1. The number of aromatic nitrogens is 1. The minimum absolute atomic E-state index is 0.725. The number of hydrogen-bond acceptors (Lipinski definition) is 4. The highest BCUT2D eigenvalue weighted by atomic mass is 32.1. The molecule has 0 saturated carbocycles. The molecule has 0 amide bonds. The predicted octanol–water partition coefficient (Wildman–Crippen LogP) is 3.26. The first-order valence-corrected chi connectivity index (χ1v) is 8.41. The highest BCUT2D eigenvalue weighted by molar-refractivity contribution is 7.18. The lowest BCUT2D eigenvalue weighted by atomic mass is 9.99. The van der Waals surface area contributed by atoms with Crippen LogP contribution in [0, 0.1) is 0 Å². The number of fused-ring (bicyclic) bond motifs is 1. The molecule has 0 bridgehead atoms. The summed E-state index contributed by atoms with van der Waals surface area (Å²) in [6.07, 6.45) is 5.31. The third-order valence-electron chi connectivity index (χ3n) is 4.15. The Balaban J connectivity index is 1.70. The average Bonchev–Trinajstić information content (AvgIpc) is 2.88. The van der Waals surface area contributed by atoms with Gasteiger partial charge in [0, 0.05) is 6.04 Å². The van der Waals surface area contributed by atoms with E-state index in [4.69, 9.17) is 4.98 Å². The van der Waals surface area contributed by atoms with Gasteiger partial charge in [0.05, 0.1) is 16.8 Å². The molecular weight excluding hydrogens is 266 g/mol. The van der Waals surface area contributed by atoms with Crippen molar-refractivity contribution in [2.45, 2.75) is 38.3 Å². The van der Waals surface area contributed by atoms with Gasteiger partial charge in [0.15, 0.2) is 0 Å². The van der Waals surface area contributed by atoms with E-state index in [1.54, 1.807) is 0 Å². The minimum Gasteiger partial charge on any atom is -0.320 e. The zero-order valence-corrected chi connectivity index (χ0v) is 13.0. The summed E-state index contributed by atoms with van der Waals surface area (Å²) in [5.41, 5.74) is 1.15. The lowest BCUT2D eigenvalue weighted by Gasteiger charge is -2.35. The van der Waals surface area contributed by atoms with Crippen LogP contribution >= 0.6 is 11.3 Å². The first-order valence-electron chi connectivity index (χ1n) is 7.60. The fourth-order valence-corrected chi connectivity index (χ4v) is 4.06. The van der Waals surface area contributed by atoms with Crippen LogP contribution in [0.15, 0.2) is 24.3 Å². The van der Waals surface area contributed by atoms with Crippen molar-refractivity contribution in [3.8, 4) is 0 Å². The smallest absolute Gasteiger partial charge is 0.108 e. The Hall–Kier alpha value is -0.970. The molecule has 1 aromatic carbocycles. The van der Waals surface area contributed by atoms with Crippen molar-refractivity contribution in [3.63, 3.8) is 0 Å². The molecule has 0 radical (unpaired) electrons. The van der Waals surface area contributed by atoms with Crippen LogP contribution in [0.1, 0.15) is 30.7 Å². The number of likely N-dealkylation sites (tertiary alicyclic amines) is 1. The molecule has 0 aliphatic carbocycles. The zero-order chi connectivity index (χ0) is 13.8. The number of para-hydroxylation sites is 1. The summed E-state index contributed by atoms with van der Waals surface area (Å²) >= 11 is 1.85. The van der Waals surface area contributed by atoms with E-state index in [-0.39, 0.29) is 0 Å². The summed E-state index contributed by atoms with van der Waals surface area (Å²) in [5, 5.41) is 4.55. The maximum atomic E-state index is 4.78. The van der Waals surface area contributed by atoms with Gasteiger partial charge in [0.1, 0.15) is 5.01 Å². The topological polar surface area (TPSA) is 28.2 Å². The van der Waals surface area contributed by atoms with Gasteiger partial charge in [-0.25, -0.2) is 4.98 Å². The molecule has 3 rings (SSSR count). The van der Waals surface area contributed by atoms with Gasteiger partial charge in [-0.15, -0.1) is 11.3 Å². The van der Waals surface area contributed by atoms with Crippen molar-refractivity contribution in [2.24, 2.45) is 0 Å². The van der Waals surface area contributed by atoms with Gasteiger partial charge in [0.25, 0.3) is 0 Å². The quantitative estimate of drug-likeness (QED) is 0.915. The standard InChI is InChI=1S/C16H23N3S/c1-17-10-9-13-6-4-5-11-19(13)12-16-18-14-7-2-3-8-15(14)20-16/h2-3,7-8,13,17H,4-6,9-12H2,1H3. The number of thiazole rings is 1. The second-order valence-corrected chi connectivity index (χ2v) is 6.70. The van der Waals surface area contributed by atoms with E-state index >= 15 is 0 Å². The SMILES string of the molecule is CNCCC1CCCCN1Cc1nc2ccccc2s1. The Kier molecular flexibility index (Phi) is 4.65. The molecule has 108 valence electrons. The van der Waals surface area contributed by atoms with Crippen LogP contribution in [-0.2, 0) is 6.54 Å². The van der Waals surface area contributed by atoms with Crippen LogP contribution < -0.4 is 5.32 Å². The summed E-state index contributed by atoms with van der Waals surface area (Å²) in [6.45, 7) is 3.36. The number of nitrogens with zero attached hydrogens (tertiary/aromatic N) is 2. The van der Waals surface area contributed by atoms with Gasteiger partial charge in [-0.2, -0.15) is 0 Å². The Bertz CT molecular complexity index is 518. The number of rotatable bonds is 5. The third kappa shape index (κ3) is 3.19. The lowest BCUT2D eigenvalue weighted by molar-refractivity contribution is 0.132. The van der Waals surface area contributed by atoms with Crippen molar-refractivity contribution in [1.82, 2.24) is 15.2 Å². The maximum absolute atomic E-state index is 4.78. The second-order valence-electron chi connectivity index (χ2n) is 5.59. The molecule has 2 heterocycles. The molecule has 1 saturated heterocycles. The Morgan fingerprint density at radius 3 is 3.10 bits per heavy atom. The summed E-state index contributed by atoms with van der Waals surface area (Å²) < 4.78 is 1.31. The van der Waals surface area contributed by atoms with Gasteiger partial charge in [-0.3, -0.25) is 4.90 Å². The summed E-state index contributed by atoms with van der Waals surface area (Å²) in [6, 6.07) is 9.18. The maximum Gasteiger partial charge on any atom is 0.108 e. The molecule has 1 unspecified atom stereocenters. The van der Waals surface area contributed by atoms with Crippen LogP contribution in [0.5, 0.6) is 0 Å². The summed E-state index contributed by atoms with van der Waals surface area (Å²) in [4.78, 5) is 7.42. The molecule has 20 heavy (non-hydrogen) atoms. The van der Waals surface area contributed by atoms with Crippen molar-refractivity contribution in [2.75, 3.05) is 20.1 Å². The average molecular weight is 289 g/mol. The van der Waals surface area contributed by atoms with Gasteiger partial charge in [-0.05, 0) is 51.5 Å². The highest BCUT2D eigenvalue weighted by Crippen LogP contribution is 2.26. The molecule has 4 heteroatoms. The molecule has 1 aromatic heterocycles. The first kappa shape index (κ1) is 14.0. The van der Waals surface area contributed by atoms with Gasteiger partial charge in [-0.1, -0.05) is 18.6 Å². The molecule has 3 nitrogen and oxygen atoms in total. The molecule has 1 N–H and O–H groups in total. The number of hydrogen-bond donors (Lipinski definition) is 1. The Morgan fingerprint density at radius 2 is 2.25 bits per heavy atom. The van der Waals surface area contributed by atoms with Crippen LogP contribution in [0.3, 0.4) is 0 Å². The Morgan fingerprint density at radius 1 is 1.35 bits per heavy atom. The van der Waals surface area contributed by atoms with Crippen LogP contribution in [0.25, 0.3) is 10.2 Å². The molecule has 1 fully saturated rings. The van der Waals surface area contributed by atoms with E-state index in [1.807, 2.05) is 18.4 Å². The van der Waals surface area contributed by atoms with Crippen LogP contribution in [0.4, 0.5) is 0 Å². The molecule has 2 aromatic rings. The van der Waals surface area contributed by atoms with Crippen molar-refractivity contribution < 1.29 is 0 Å². The van der Waals surface area contributed by atoms with Crippen molar-refractivity contribution in [1.29, 1.82) is 0 Å². The van der Waals surface area contributed by atoms with E-state index in [1.165, 1.54) is 41.9 Å². The summed E-state index contributed by atoms with van der Waals surface area (Å²) in [5.74, 6) is 0. The third-order valence-corrected chi connectivity index (χ3v) is 5.17. The number of benzene rings is 1. The molecule has 1 aliphatic rings. The number of piperidine rings is 1.